The molecule has 0 amide bonds. The van der Waals surface area contributed by atoms with Crippen molar-refractivity contribution in [3.63, 3.8) is 0 Å². The molecule has 1 aliphatic heterocycles. The number of hydrogen-bond donors (Lipinski definition) is 2. The Kier molecular flexibility index (Phi) is 6.96. The van der Waals surface area contributed by atoms with Crippen LogP contribution < -0.4 is 10.6 Å². The highest BCUT2D eigenvalue weighted by atomic mass is 79.9. The van der Waals surface area contributed by atoms with Crippen molar-refractivity contribution < 1.29 is 9.13 Å². The highest BCUT2D eigenvalue weighted by Gasteiger charge is 2.13. The summed E-state index contributed by atoms with van der Waals surface area (Å²) in [6, 6.07) is 13.1. The lowest BCUT2D eigenvalue weighted by molar-refractivity contribution is 0.0341. The van der Waals surface area contributed by atoms with Crippen LogP contribution in [0.25, 0.3) is 0 Å². The first-order valence-corrected chi connectivity index (χ1v) is 9.69. The Labute approximate surface area is 166 Å². The van der Waals surface area contributed by atoms with Crippen LogP contribution in [-0.4, -0.2) is 36.3 Å². The molecule has 26 heavy (non-hydrogen) atoms. The van der Waals surface area contributed by atoms with Crippen molar-refractivity contribution in [1.29, 1.82) is 0 Å². The minimum absolute atomic E-state index is 0.351. The summed E-state index contributed by atoms with van der Waals surface area (Å²) in [7, 11) is 0. The third kappa shape index (κ3) is 5.48. The lowest BCUT2D eigenvalue weighted by Gasteiger charge is -2.27. The number of benzene rings is 2. The summed E-state index contributed by atoms with van der Waals surface area (Å²) < 4.78 is 20.0. The second kappa shape index (κ2) is 9.41. The number of ether oxygens (including phenoxy) is 1. The predicted octanol–water partition coefficient (Wildman–Crippen LogP) is 3.91. The zero-order valence-electron chi connectivity index (χ0n) is 14.3. The van der Waals surface area contributed by atoms with Gasteiger partial charge in [0.1, 0.15) is 5.82 Å². The molecule has 2 aromatic carbocycles. The maximum absolute atomic E-state index is 13.9. The highest BCUT2D eigenvalue weighted by Crippen LogP contribution is 2.19. The molecule has 0 atom stereocenters. The van der Waals surface area contributed by atoms with Crippen LogP contribution in [0.15, 0.2) is 46.9 Å². The minimum atomic E-state index is -0.351. The number of nitrogens with zero attached hydrogens (tertiary/aromatic N) is 1. The molecule has 0 radical (unpaired) electrons. The SMILES string of the molecule is Fc1cc(Br)ccc1NC(=S)NCc1ccccc1CN1CCOCC1. The second-order valence-electron chi connectivity index (χ2n) is 6.09. The average Bonchev–Trinajstić information content (AvgIpc) is 2.64. The van der Waals surface area contributed by atoms with E-state index in [-0.39, 0.29) is 5.82 Å². The first kappa shape index (κ1) is 19.2. The van der Waals surface area contributed by atoms with Gasteiger partial charge in [-0.25, -0.2) is 4.39 Å². The van der Waals surface area contributed by atoms with Crippen LogP contribution >= 0.6 is 28.1 Å². The monoisotopic (exact) mass is 437 g/mol. The maximum atomic E-state index is 13.9. The van der Waals surface area contributed by atoms with Gasteiger partial charge in [-0.1, -0.05) is 40.2 Å². The molecule has 1 saturated heterocycles. The Morgan fingerprint density at radius 3 is 2.62 bits per heavy atom. The summed E-state index contributed by atoms with van der Waals surface area (Å²) in [5, 5.41) is 6.47. The van der Waals surface area contributed by atoms with E-state index in [1.807, 2.05) is 12.1 Å². The Morgan fingerprint density at radius 1 is 1.15 bits per heavy atom. The average molecular weight is 438 g/mol. The quantitative estimate of drug-likeness (QED) is 0.693. The molecule has 0 spiro atoms. The van der Waals surface area contributed by atoms with E-state index in [0.29, 0.717) is 21.8 Å². The predicted molar refractivity (Wildman–Crippen MR) is 110 cm³/mol. The smallest absolute Gasteiger partial charge is 0.171 e. The fraction of sp³-hybridized carbons (Fsp3) is 0.316. The zero-order valence-corrected chi connectivity index (χ0v) is 16.7. The molecule has 1 aliphatic rings. The fourth-order valence-electron chi connectivity index (χ4n) is 2.82. The third-order valence-corrected chi connectivity index (χ3v) is 4.97. The number of hydrogen-bond acceptors (Lipinski definition) is 3. The van der Waals surface area contributed by atoms with Gasteiger partial charge in [0, 0.05) is 30.7 Å². The van der Waals surface area contributed by atoms with Gasteiger partial charge in [0.15, 0.2) is 5.11 Å². The Balaban J connectivity index is 1.57. The molecule has 3 rings (SSSR count). The van der Waals surface area contributed by atoms with Crippen molar-refractivity contribution in [3.8, 4) is 0 Å². The number of halogens is 2. The minimum Gasteiger partial charge on any atom is -0.379 e. The topological polar surface area (TPSA) is 36.5 Å². The Bertz CT molecular complexity index is 768. The van der Waals surface area contributed by atoms with Gasteiger partial charge in [-0.15, -0.1) is 0 Å². The number of thiocarbonyl (C=S) groups is 1. The molecule has 0 saturated carbocycles. The molecule has 0 aliphatic carbocycles. The van der Waals surface area contributed by atoms with E-state index >= 15 is 0 Å². The first-order chi connectivity index (χ1) is 12.6. The summed E-state index contributed by atoms with van der Waals surface area (Å²) in [5.41, 5.74) is 2.80. The van der Waals surface area contributed by atoms with Gasteiger partial charge in [-0.05, 0) is 41.5 Å². The van der Waals surface area contributed by atoms with Crippen molar-refractivity contribution in [2.24, 2.45) is 0 Å². The molecule has 138 valence electrons. The summed E-state index contributed by atoms with van der Waals surface area (Å²) in [6.07, 6.45) is 0. The molecule has 2 N–H and O–H groups in total. The van der Waals surface area contributed by atoms with Crippen molar-refractivity contribution in [2.45, 2.75) is 13.1 Å². The van der Waals surface area contributed by atoms with Crippen LogP contribution in [0.1, 0.15) is 11.1 Å². The molecule has 1 heterocycles. The largest absolute Gasteiger partial charge is 0.379 e. The van der Waals surface area contributed by atoms with Gasteiger partial charge in [-0.3, -0.25) is 4.90 Å². The van der Waals surface area contributed by atoms with Gasteiger partial charge in [0.2, 0.25) is 0 Å². The maximum Gasteiger partial charge on any atom is 0.171 e. The standard InChI is InChI=1S/C19H21BrFN3OS/c20-16-5-6-18(17(21)11-16)23-19(26)22-12-14-3-1-2-4-15(14)13-24-7-9-25-10-8-24/h1-6,11H,7-10,12-13H2,(H2,22,23,26). The van der Waals surface area contributed by atoms with E-state index in [4.69, 9.17) is 17.0 Å². The number of morpholine rings is 1. The van der Waals surface area contributed by atoms with Crippen LogP contribution in [0.5, 0.6) is 0 Å². The number of nitrogens with one attached hydrogen (secondary N) is 2. The summed E-state index contributed by atoms with van der Waals surface area (Å²) in [6.45, 7) is 4.95. The Morgan fingerprint density at radius 2 is 1.88 bits per heavy atom. The van der Waals surface area contributed by atoms with Gasteiger partial charge < -0.3 is 15.4 Å². The van der Waals surface area contributed by atoms with E-state index in [0.717, 1.165) is 32.8 Å². The van der Waals surface area contributed by atoms with Crippen LogP contribution in [0.4, 0.5) is 10.1 Å². The first-order valence-electron chi connectivity index (χ1n) is 8.48. The van der Waals surface area contributed by atoms with Gasteiger partial charge in [0.25, 0.3) is 0 Å². The summed E-state index contributed by atoms with van der Waals surface area (Å²) >= 11 is 8.55. The van der Waals surface area contributed by atoms with Crippen LogP contribution in [0.3, 0.4) is 0 Å². The summed E-state index contributed by atoms with van der Waals surface area (Å²) in [4.78, 5) is 2.39. The molecule has 7 heteroatoms. The van der Waals surface area contributed by atoms with Crippen molar-refractivity contribution in [3.05, 3.63) is 63.9 Å². The van der Waals surface area contributed by atoms with E-state index in [2.05, 4.69) is 43.6 Å². The molecule has 2 aromatic rings. The normalized spacial score (nSPS) is 14.8. The molecular weight excluding hydrogens is 417 g/mol. The van der Waals surface area contributed by atoms with Crippen molar-refractivity contribution in [1.82, 2.24) is 10.2 Å². The molecule has 0 aromatic heterocycles. The molecule has 0 bridgehead atoms. The molecule has 4 nitrogen and oxygen atoms in total. The summed E-state index contributed by atoms with van der Waals surface area (Å²) in [5.74, 6) is -0.351. The zero-order chi connectivity index (χ0) is 18.4. The van der Waals surface area contributed by atoms with Crippen LogP contribution in [-0.2, 0) is 17.8 Å². The lowest BCUT2D eigenvalue weighted by Crippen LogP contribution is -2.36. The van der Waals surface area contributed by atoms with Gasteiger partial charge >= 0.3 is 0 Å². The number of anilines is 1. The second-order valence-corrected chi connectivity index (χ2v) is 7.41. The van der Waals surface area contributed by atoms with Crippen LogP contribution in [0.2, 0.25) is 0 Å². The van der Waals surface area contributed by atoms with Crippen molar-refractivity contribution >= 4 is 38.9 Å². The molecular formula is C19H21BrFN3OS. The number of rotatable bonds is 5. The molecule has 0 unspecified atom stereocenters. The van der Waals surface area contributed by atoms with Crippen LogP contribution in [0, 0.1) is 5.82 Å². The van der Waals surface area contributed by atoms with Gasteiger partial charge in [-0.2, -0.15) is 0 Å². The van der Waals surface area contributed by atoms with E-state index in [9.17, 15) is 4.39 Å². The van der Waals surface area contributed by atoms with Crippen molar-refractivity contribution in [2.75, 3.05) is 31.6 Å². The highest BCUT2D eigenvalue weighted by molar-refractivity contribution is 9.10. The van der Waals surface area contributed by atoms with E-state index < -0.39 is 0 Å². The fourth-order valence-corrected chi connectivity index (χ4v) is 3.33. The Hall–Kier alpha value is -1.54. The van der Waals surface area contributed by atoms with E-state index in [1.54, 1.807) is 12.1 Å². The third-order valence-electron chi connectivity index (χ3n) is 4.23. The van der Waals surface area contributed by atoms with E-state index in [1.165, 1.54) is 17.2 Å². The lowest BCUT2D eigenvalue weighted by atomic mass is 10.1. The van der Waals surface area contributed by atoms with Gasteiger partial charge in [0.05, 0.1) is 18.9 Å². The molecule has 1 fully saturated rings.